The van der Waals surface area contributed by atoms with Gasteiger partial charge in [0.15, 0.2) is 11.5 Å². The highest BCUT2D eigenvalue weighted by Crippen LogP contribution is 2.22. The van der Waals surface area contributed by atoms with Crippen molar-refractivity contribution in [2.45, 2.75) is 32.4 Å². The van der Waals surface area contributed by atoms with E-state index < -0.39 is 0 Å². The Bertz CT molecular complexity index is 973. The fourth-order valence-electron chi connectivity index (χ4n) is 3.51. The number of nitrogens with zero attached hydrogens (tertiary/aromatic N) is 2. The Labute approximate surface area is 176 Å². The number of nitrogens with one attached hydrogen (secondary N) is 1. The number of amides is 1. The van der Waals surface area contributed by atoms with Gasteiger partial charge in [0.2, 0.25) is 0 Å². The van der Waals surface area contributed by atoms with Crippen LogP contribution >= 0.6 is 0 Å². The number of benzene rings is 2. The third-order valence-corrected chi connectivity index (χ3v) is 5.16. The minimum absolute atomic E-state index is 0.170. The second kappa shape index (κ2) is 9.63. The topological polar surface area (TPSA) is 76.8 Å². The molecule has 1 aromatic heterocycles. The van der Waals surface area contributed by atoms with Crippen molar-refractivity contribution in [1.82, 2.24) is 15.2 Å². The van der Waals surface area contributed by atoms with Gasteiger partial charge >= 0.3 is 6.09 Å². The van der Waals surface area contributed by atoms with Gasteiger partial charge in [-0.2, -0.15) is 0 Å². The van der Waals surface area contributed by atoms with E-state index in [9.17, 15) is 4.79 Å². The van der Waals surface area contributed by atoms with Crippen molar-refractivity contribution < 1.29 is 18.7 Å². The van der Waals surface area contributed by atoms with Crippen LogP contribution in [0.4, 0.5) is 4.79 Å². The van der Waals surface area contributed by atoms with Crippen molar-refractivity contribution in [1.29, 1.82) is 0 Å². The molecule has 4 rings (SSSR count). The molecule has 0 saturated carbocycles. The van der Waals surface area contributed by atoms with Gasteiger partial charge in [0.1, 0.15) is 17.9 Å². The van der Waals surface area contributed by atoms with E-state index in [0.29, 0.717) is 26.3 Å². The van der Waals surface area contributed by atoms with Crippen LogP contribution < -0.4 is 10.1 Å². The molecule has 30 heavy (non-hydrogen) atoms. The number of oxazole rings is 1. The Kier molecular flexibility index (Phi) is 6.49. The fourth-order valence-corrected chi connectivity index (χ4v) is 3.51. The number of piperazine rings is 1. The maximum Gasteiger partial charge on any atom is 0.410 e. The lowest BCUT2D eigenvalue weighted by Gasteiger charge is -2.33. The Morgan fingerprint density at radius 2 is 2.13 bits per heavy atom. The van der Waals surface area contributed by atoms with Gasteiger partial charge in [-0.15, -0.1) is 0 Å². The molecule has 0 bridgehead atoms. The highest BCUT2D eigenvalue weighted by Gasteiger charge is 2.24. The highest BCUT2D eigenvalue weighted by atomic mass is 16.6. The molecular formula is C23H27N3O4. The standard InChI is InChI=1S/C23H27N3O4/c1-2-22-25-20-9-8-19(14-21(20)30-22)28-13-10-18-15-26(12-11-24-18)23(27)29-16-17-6-4-3-5-7-17/h3-9,14,18,24H,2,10-13,15-16H2,1H3/t18-/m1/s1. The van der Waals surface area contributed by atoms with Crippen molar-refractivity contribution in [3.8, 4) is 5.75 Å². The van der Waals surface area contributed by atoms with E-state index in [1.165, 1.54) is 0 Å². The molecule has 1 saturated heterocycles. The van der Waals surface area contributed by atoms with Crippen molar-refractivity contribution in [2.75, 3.05) is 26.2 Å². The summed E-state index contributed by atoms with van der Waals surface area (Å²) in [4.78, 5) is 18.6. The van der Waals surface area contributed by atoms with Crippen LogP contribution in [0.3, 0.4) is 0 Å². The molecule has 7 nitrogen and oxygen atoms in total. The first-order valence-corrected chi connectivity index (χ1v) is 10.4. The van der Waals surface area contributed by atoms with E-state index >= 15 is 0 Å². The Morgan fingerprint density at radius 3 is 2.97 bits per heavy atom. The summed E-state index contributed by atoms with van der Waals surface area (Å²) >= 11 is 0. The van der Waals surface area contributed by atoms with Gasteiger partial charge in [0, 0.05) is 38.2 Å². The molecule has 1 aliphatic rings. The summed E-state index contributed by atoms with van der Waals surface area (Å²) in [5, 5.41) is 3.45. The van der Waals surface area contributed by atoms with Crippen molar-refractivity contribution in [3.05, 3.63) is 60.0 Å². The number of carbonyl (C=O) groups is 1. The molecule has 0 aliphatic carbocycles. The first-order chi connectivity index (χ1) is 14.7. The van der Waals surface area contributed by atoms with Crippen LogP contribution in [0, 0.1) is 0 Å². The van der Waals surface area contributed by atoms with E-state index in [4.69, 9.17) is 13.9 Å². The predicted molar refractivity (Wildman–Crippen MR) is 113 cm³/mol. The average Bonchev–Trinajstić information content (AvgIpc) is 3.21. The van der Waals surface area contributed by atoms with Crippen LogP contribution in [-0.2, 0) is 17.8 Å². The summed E-state index contributed by atoms with van der Waals surface area (Å²) in [7, 11) is 0. The molecule has 7 heteroatoms. The summed E-state index contributed by atoms with van der Waals surface area (Å²) in [5.74, 6) is 1.49. The van der Waals surface area contributed by atoms with E-state index in [1.807, 2.05) is 55.5 Å². The average molecular weight is 409 g/mol. The first kappa shape index (κ1) is 20.2. The van der Waals surface area contributed by atoms with Crippen LogP contribution in [0.25, 0.3) is 11.1 Å². The minimum Gasteiger partial charge on any atom is -0.493 e. The third-order valence-electron chi connectivity index (χ3n) is 5.16. The van der Waals surface area contributed by atoms with Gasteiger partial charge in [0.05, 0.1) is 6.61 Å². The zero-order chi connectivity index (χ0) is 20.8. The van der Waals surface area contributed by atoms with Crippen molar-refractivity contribution in [3.63, 3.8) is 0 Å². The van der Waals surface area contributed by atoms with E-state index in [0.717, 1.165) is 47.7 Å². The predicted octanol–water partition coefficient (Wildman–Crippen LogP) is 3.77. The lowest BCUT2D eigenvalue weighted by Crippen LogP contribution is -2.53. The molecule has 0 unspecified atom stereocenters. The molecule has 1 aliphatic heterocycles. The number of aromatic nitrogens is 1. The molecule has 158 valence electrons. The number of aryl methyl sites for hydroxylation is 1. The number of fused-ring (bicyclic) bond motifs is 1. The Morgan fingerprint density at radius 1 is 1.27 bits per heavy atom. The van der Waals surface area contributed by atoms with Crippen LogP contribution in [0.1, 0.15) is 24.8 Å². The monoisotopic (exact) mass is 409 g/mol. The van der Waals surface area contributed by atoms with E-state index in [1.54, 1.807) is 4.90 Å². The Balaban J connectivity index is 1.23. The molecule has 1 N–H and O–H groups in total. The van der Waals surface area contributed by atoms with E-state index in [-0.39, 0.29) is 12.1 Å². The number of ether oxygens (including phenoxy) is 2. The molecular weight excluding hydrogens is 382 g/mol. The zero-order valence-electron chi connectivity index (χ0n) is 17.2. The highest BCUT2D eigenvalue weighted by molar-refractivity contribution is 5.74. The number of rotatable bonds is 7. The second-order valence-electron chi connectivity index (χ2n) is 7.37. The summed E-state index contributed by atoms with van der Waals surface area (Å²) < 4.78 is 17.0. The maximum absolute atomic E-state index is 12.4. The van der Waals surface area contributed by atoms with Crippen molar-refractivity contribution >= 4 is 17.2 Å². The summed E-state index contributed by atoms with van der Waals surface area (Å²) in [6.45, 7) is 4.85. The summed E-state index contributed by atoms with van der Waals surface area (Å²) in [6, 6.07) is 15.6. The lowest BCUT2D eigenvalue weighted by atomic mass is 10.1. The smallest absolute Gasteiger partial charge is 0.410 e. The number of hydrogen-bond acceptors (Lipinski definition) is 6. The summed E-state index contributed by atoms with van der Waals surface area (Å²) in [6.07, 6.45) is 1.29. The summed E-state index contributed by atoms with van der Waals surface area (Å²) in [5.41, 5.74) is 2.58. The van der Waals surface area contributed by atoms with Gasteiger partial charge in [0.25, 0.3) is 0 Å². The molecule has 2 aromatic carbocycles. The SMILES string of the molecule is CCc1nc2ccc(OCC[C@@H]3CN(C(=O)OCc4ccccc4)CCN3)cc2o1. The molecule has 3 aromatic rings. The number of carbonyl (C=O) groups excluding carboxylic acids is 1. The largest absolute Gasteiger partial charge is 0.493 e. The minimum atomic E-state index is -0.270. The normalized spacial score (nSPS) is 16.6. The second-order valence-corrected chi connectivity index (χ2v) is 7.37. The fraction of sp³-hybridized carbons (Fsp3) is 0.391. The van der Waals surface area contributed by atoms with Crippen LogP contribution in [0.15, 0.2) is 52.9 Å². The van der Waals surface area contributed by atoms with Gasteiger partial charge < -0.3 is 24.1 Å². The Hall–Kier alpha value is -3.06. The van der Waals surface area contributed by atoms with Crippen LogP contribution in [-0.4, -0.2) is 48.3 Å². The van der Waals surface area contributed by atoms with Crippen LogP contribution in [0.2, 0.25) is 0 Å². The quantitative estimate of drug-likeness (QED) is 0.640. The third kappa shape index (κ3) is 5.10. The molecule has 1 amide bonds. The van der Waals surface area contributed by atoms with Crippen LogP contribution in [0.5, 0.6) is 5.75 Å². The van der Waals surface area contributed by atoms with Crippen molar-refractivity contribution in [2.24, 2.45) is 0 Å². The lowest BCUT2D eigenvalue weighted by molar-refractivity contribution is 0.0827. The molecule has 1 fully saturated rings. The zero-order valence-corrected chi connectivity index (χ0v) is 17.2. The van der Waals surface area contributed by atoms with Gasteiger partial charge in [-0.25, -0.2) is 9.78 Å². The molecule has 0 radical (unpaired) electrons. The molecule has 2 heterocycles. The maximum atomic E-state index is 12.4. The molecule has 1 atom stereocenters. The van der Waals surface area contributed by atoms with Gasteiger partial charge in [-0.1, -0.05) is 37.3 Å². The van der Waals surface area contributed by atoms with Gasteiger partial charge in [-0.3, -0.25) is 0 Å². The number of hydrogen-bond donors (Lipinski definition) is 1. The van der Waals surface area contributed by atoms with Gasteiger partial charge in [-0.05, 0) is 24.1 Å². The molecule has 0 spiro atoms. The first-order valence-electron chi connectivity index (χ1n) is 10.4. The van der Waals surface area contributed by atoms with E-state index in [2.05, 4.69) is 10.3 Å².